The zero-order valence-corrected chi connectivity index (χ0v) is 17.6. The van der Waals surface area contributed by atoms with Gasteiger partial charge in [-0.05, 0) is 30.7 Å². The number of carbonyl (C=O) groups excluding carboxylic acids is 1. The summed E-state index contributed by atoms with van der Waals surface area (Å²) in [6.45, 7) is 1.61. The minimum Gasteiger partial charge on any atom is -0.326 e. The SMILES string of the molecule is Cc1cc(F)ccc1NC(=O)CCS(=O)(=O)c1nc2c(=O)n(C)c(=O)n(C)c2n1C. The molecule has 1 aromatic carbocycles. The van der Waals surface area contributed by atoms with Crippen molar-refractivity contribution in [2.45, 2.75) is 18.5 Å². The van der Waals surface area contributed by atoms with Crippen molar-refractivity contribution in [3.8, 4) is 0 Å². The number of nitrogens with one attached hydrogen (secondary N) is 1. The zero-order chi connectivity index (χ0) is 22.4. The van der Waals surface area contributed by atoms with Crippen molar-refractivity contribution in [1.29, 1.82) is 0 Å². The lowest BCUT2D eigenvalue weighted by Crippen LogP contribution is -2.37. The summed E-state index contributed by atoms with van der Waals surface area (Å²) in [6.07, 6.45) is -0.376. The number of hydrogen-bond acceptors (Lipinski definition) is 6. The third-order valence-electron chi connectivity index (χ3n) is 4.76. The van der Waals surface area contributed by atoms with E-state index in [-0.39, 0.29) is 17.6 Å². The van der Waals surface area contributed by atoms with Crippen LogP contribution in [0.25, 0.3) is 11.2 Å². The number of sulfone groups is 1. The van der Waals surface area contributed by atoms with Gasteiger partial charge in [-0.1, -0.05) is 0 Å². The first-order chi connectivity index (χ1) is 13.9. The van der Waals surface area contributed by atoms with Gasteiger partial charge in [-0.2, -0.15) is 0 Å². The Labute approximate surface area is 170 Å². The average molecular weight is 437 g/mol. The summed E-state index contributed by atoms with van der Waals surface area (Å²) in [4.78, 5) is 40.5. The molecule has 0 spiro atoms. The number of benzene rings is 1. The molecule has 160 valence electrons. The second-order valence-corrected chi connectivity index (χ2v) is 8.91. The largest absolute Gasteiger partial charge is 0.332 e. The molecule has 0 fully saturated rings. The standard InChI is InChI=1S/C18H20FN5O5S/c1-10-9-11(19)5-6-12(10)20-13(25)7-8-30(28,29)17-21-14-15(22(17)2)23(3)18(27)24(4)16(14)26/h5-6,9H,7-8H2,1-4H3,(H,20,25). The van der Waals surface area contributed by atoms with Crippen LogP contribution in [0.5, 0.6) is 0 Å². The highest BCUT2D eigenvalue weighted by molar-refractivity contribution is 7.91. The summed E-state index contributed by atoms with van der Waals surface area (Å²) in [5.41, 5.74) is -0.554. The number of aryl methyl sites for hydroxylation is 3. The fourth-order valence-corrected chi connectivity index (χ4v) is 4.51. The van der Waals surface area contributed by atoms with Gasteiger partial charge in [0.1, 0.15) is 5.82 Å². The topological polar surface area (TPSA) is 125 Å². The van der Waals surface area contributed by atoms with Gasteiger partial charge in [0.05, 0.1) is 5.75 Å². The highest BCUT2D eigenvalue weighted by Gasteiger charge is 2.26. The van der Waals surface area contributed by atoms with E-state index in [1.807, 2.05) is 0 Å². The van der Waals surface area contributed by atoms with E-state index in [0.29, 0.717) is 11.3 Å². The van der Waals surface area contributed by atoms with Crippen LogP contribution in [0.3, 0.4) is 0 Å². The Hall–Kier alpha value is -3.28. The smallest absolute Gasteiger partial charge is 0.326 e. The third-order valence-corrected chi connectivity index (χ3v) is 6.42. The Morgan fingerprint density at radius 3 is 2.43 bits per heavy atom. The number of nitrogens with zero attached hydrogens (tertiary/aromatic N) is 4. The van der Waals surface area contributed by atoms with E-state index in [0.717, 1.165) is 13.7 Å². The summed E-state index contributed by atoms with van der Waals surface area (Å²) < 4.78 is 41.8. The molecular formula is C18H20FN5O5S. The van der Waals surface area contributed by atoms with Gasteiger partial charge in [0.2, 0.25) is 20.9 Å². The Morgan fingerprint density at radius 1 is 1.13 bits per heavy atom. The maximum absolute atomic E-state index is 13.2. The minimum atomic E-state index is -4.05. The third kappa shape index (κ3) is 3.65. The Morgan fingerprint density at radius 2 is 1.80 bits per heavy atom. The van der Waals surface area contributed by atoms with Crippen LogP contribution in [-0.2, 0) is 35.8 Å². The molecule has 3 rings (SSSR count). The molecule has 0 unspecified atom stereocenters. The number of fused-ring (bicyclic) bond motifs is 1. The van der Waals surface area contributed by atoms with Gasteiger partial charge in [-0.25, -0.2) is 22.6 Å². The number of anilines is 1. The molecule has 0 aliphatic rings. The number of aromatic nitrogens is 4. The van der Waals surface area contributed by atoms with E-state index >= 15 is 0 Å². The number of carbonyl (C=O) groups is 1. The highest BCUT2D eigenvalue weighted by atomic mass is 32.2. The monoisotopic (exact) mass is 437 g/mol. The highest BCUT2D eigenvalue weighted by Crippen LogP contribution is 2.18. The molecule has 0 aliphatic heterocycles. The second kappa shape index (κ2) is 7.52. The van der Waals surface area contributed by atoms with Crippen LogP contribution in [0.2, 0.25) is 0 Å². The minimum absolute atomic E-state index is 0.0630. The van der Waals surface area contributed by atoms with Gasteiger partial charge in [-0.15, -0.1) is 0 Å². The fourth-order valence-electron chi connectivity index (χ4n) is 3.14. The van der Waals surface area contributed by atoms with Crippen molar-refractivity contribution in [1.82, 2.24) is 18.7 Å². The molecule has 12 heteroatoms. The first kappa shape index (κ1) is 21.4. The first-order valence-electron chi connectivity index (χ1n) is 8.85. The molecule has 0 bridgehead atoms. The Kier molecular flexibility index (Phi) is 5.37. The van der Waals surface area contributed by atoms with E-state index in [4.69, 9.17) is 0 Å². The maximum atomic E-state index is 13.2. The van der Waals surface area contributed by atoms with E-state index in [1.165, 1.54) is 39.3 Å². The Bertz CT molecular complexity index is 1400. The summed E-state index contributed by atoms with van der Waals surface area (Å²) in [6, 6.07) is 3.82. The van der Waals surface area contributed by atoms with Crippen molar-refractivity contribution >= 4 is 32.6 Å². The molecule has 2 aromatic heterocycles. The van der Waals surface area contributed by atoms with E-state index in [9.17, 15) is 27.2 Å². The Balaban J connectivity index is 1.88. The van der Waals surface area contributed by atoms with Crippen molar-refractivity contribution < 1.29 is 17.6 Å². The van der Waals surface area contributed by atoms with Gasteiger partial charge < -0.3 is 9.88 Å². The number of hydrogen-bond donors (Lipinski definition) is 1. The molecule has 1 N–H and O–H groups in total. The van der Waals surface area contributed by atoms with Gasteiger partial charge >= 0.3 is 5.69 Å². The molecule has 1 amide bonds. The number of rotatable bonds is 5. The van der Waals surface area contributed by atoms with Gasteiger partial charge in [0.25, 0.3) is 5.56 Å². The normalized spacial score (nSPS) is 11.8. The number of amides is 1. The van der Waals surface area contributed by atoms with Crippen LogP contribution >= 0.6 is 0 Å². The molecule has 10 nitrogen and oxygen atoms in total. The molecule has 0 radical (unpaired) electrons. The van der Waals surface area contributed by atoms with Crippen LogP contribution in [0.1, 0.15) is 12.0 Å². The molecule has 0 saturated heterocycles. The van der Waals surface area contributed by atoms with Crippen LogP contribution in [0.4, 0.5) is 10.1 Å². The molecular weight excluding hydrogens is 417 g/mol. The van der Waals surface area contributed by atoms with Crippen molar-refractivity contribution in [2.24, 2.45) is 21.1 Å². The lowest BCUT2D eigenvalue weighted by atomic mass is 10.2. The van der Waals surface area contributed by atoms with E-state index in [2.05, 4.69) is 10.3 Å². The zero-order valence-electron chi connectivity index (χ0n) is 16.8. The number of imidazole rings is 1. The lowest BCUT2D eigenvalue weighted by molar-refractivity contribution is -0.115. The second-order valence-electron chi connectivity index (χ2n) is 6.91. The molecule has 30 heavy (non-hydrogen) atoms. The predicted molar refractivity (Wildman–Crippen MR) is 108 cm³/mol. The first-order valence-corrected chi connectivity index (χ1v) is 10.5. The van der Waals surface area contributed by atoms with E-state index in [1.54, 1.807) is 6.92 Å². The lowest BCUT2D eigenvalue weighted by Gasteiger charge is -2.09. The van der Waals surface area contributed by atoms with Crippen LogP contribution < -0.4 is 16.6 Å². The summed E-state index contributed by atoms with van der Waals surface area (Å²) in [5.74, 6) is -1.59. The van der Waals surface area contributed by atoms with Gasteiger partial charge in [-0.3, -0.25) is 18.7 Å². The van der Waals surface area contributed by atoms with Crippen molar-refractivity contribution in [3.05, 3.63) is 50.4 Å². The van der Waals surface area contributed by atoms with Crippen LogP contribution in [-0.4, -0.2) is 38.8 Å². The maximum Gasteiger partial charge on any atom is 0.332 e. The van der Waals surface area contributed by atoms with Crippen molar-refractivity contribution in [3.63, 3.8) is 0 Å². The summed E-state index contributed by atoms with van der Waals surface area (Å²) in [7, 11) is 0.00529. The fraction of sp³-hybridized carbons (Fsp3) is 0.333. The molecule has 3 aromatic rings. The molecule has 0 saturated carbocycles. The summed E-state index contributed by atoms with van der Waals surface area (Å²) >= 11 is 0. The van der Waals surface area contributed by atoms with Gasteiger partial charge in [0, 0.05) is 33.3 Å². The molecule has 2 heterocycles. The number of halogens is 1. The van der Waals surface area contributed by atoms with Crippen molar-refractivity contribution in [2.75, 3.05) is 11.1 Å². The van der Waals surface area contributed by atoms with Crippen LogP contribution in [0, 0.1) is 12.7 Å². The molecule has 0 aliphatic carbocycles. The summed E-state index contributed by atoms with van der Waals surface area (Å²) in [5, 5.41) is 2.12. The average Bonchev–Trinajstić information content (AvgIpc) is 3.03. The van der Waals surface area contributed by atoms with E-state index < -0.39 is 43.7 Å². The van der Waals surface area contributed by atoms with Crippen LogP contribution in [0.15, 0.2) is 32.9 Å². The predicted octanol–water partition coefficient (Wildman–Crippen LogP) is 0.221. The van der Waals surface area contributed by atoms with Gasteiger partial charge in [0.15, 0.2) is 11.2 Å². The molecule has 0 atom stereocenters. The quantitative estimate of drug-likeness (QED) is 0.609.